The number of halogens is 1. The van der Waals surface area contributed by atoms with E-state index in [2.05, 4.69) is 0 Å². The molecule has 0 bridgehead atoms. The fourth-order valence-corrected chi connectivity index (χ4v) is 3.01. The van der Waals surface area contributed by atoms with Crippen LogP contribution in [0.2, 0.25) is 0 Å². The molecule has 1 atom stereocenters. The highest BCUT2D eigenvalue weighted by atomic mass is 35.5. The summed E-state index contributed by atoms with van der Waals surface area (Å²) < 4.78 is 5.16. The number of hydrogen-bond donors (Lipinski definition) is 2. The highest BCUT2D eigenvalue weighted by Gasteiger charge is 2.37. The Labute approximate surface area is 121 Å². The predicted molar refractivity (Wildman–Crippen MR) is 80.1 cm³/mol. The van der Waals surface area contributed by atoms with Gasteiger partial charge in [-0.15, -0.1) is 12.4 Å². The normalized spacial score (nSPS) is 19.3. The minimum atomic E-state index is -0.623. The Morgan fingerprint density at radius 2 is 1.79 bits per heavy atom. The molecule has 1 aromatic rings. The van der Waals surface area contributed by atoms with Gasteiger partial charge < -0.3 is 15.6 Å². The second kappa shape index (κ2) is 7.13. The number of rotatable bonds is 4. The lowest BCUT2D eigenvalue weighted by molar-refractivity contribution is -0.0194. The molecule has 19 heavy (non-hydrogen) atoms. The minimum absolute atomic E-state index is 0. The Balaban J connectivity index is 0.00000180. The van der Waals surface area contributed by atoms with Crippen molar-refractivity contribution in [3.05, 3.63) is 29.8 Å². The predicted octanol–water partition coefficient (Wildman–Crippen LogP) is 2.85. The molecular formula is C15H24ClNO2. The van der Waals surface area contributed by atoms with Crippen LogP contribution in [0.5, 0.6) is 5.75 Å². The molecule has 4 heteroatoms. The van der Waals surface area contributed by atoms with E-state index in [1.54, 1.807) is 7.11 Å². The first-order valence-corrected chi connectivity index (χ1v) is 6.76. The van der Waals surface area contributed by atoms with Crippen LogP contribution in [0.4, 0.5) is 0 Å². The number of methoxy groups -OCH3 is 1. The van der Waals surface area contributed by atoms with Crippen LogP contribution in [0.15, 0.2) is 24.3 Å². The molecular weight excluding hydrogens is 262 g/mol. The van der Waals surface area contributed by atoms with Gasteiger partial charge in [0.1, 0.15) is 5.75 Å². The number of hydrogen-bond acceptors (Lipinski definition) is 3. The molecule has 3 N–H and O–H groups in total. The van der Waals surface area contributed by atoms with E-state index in [4.69, 9.17) is 10.5 Å². The van der Waals surface area contributed by atoms with E-state index in [9.17, 15) is 5.11 Å². The van der Waals surface area contributed by atoms with Crippen molar-refractivity contribution in [3.8, 4) is 5.75 Å². The van der Waals surface area contributed by atoms with E-state index in [1.807, 2.05) is 24.3 Å². The summed E-state index contributed by atoms with van der Waals surface area (Å²) in [5.41, 5.74) is 6.39. The van der Waals surface area contributed by atoms with Gasteiger partial charge in [0.15, 0.2) is 0 Å². The number of benzene rings is 1. The molecule has 2 rings (SSSR count). The maximum atomic E-state index is 10.8. The molecule has 0 radical (unpaired) electrons. The van der Waals surface area contributed by atoms with E-state index < -0.39 is 5.60 Å². The van der Waals surface area contributed by atoms with Crippen LogP contribution in [-0.4, -0.2) is 24.4 Å². The van der Waals surface area contributed by atoms with Crippen molar-refractivity contribution < 1.29 is 9.84 Å². The van der Waals surface area contributed by atoms with Crippen molar-refractivity contribution in [1.82, 2.24) is 0 Å². The topological polar surface area (TPSA) is 55.5 Å². The van der Waals surface area contributed by atoms with E-state index >= 15 is 0 Å². The Morgan fingerprint density at radius 3 is 2.26 bits per heavy atom. The molecule has 3 nitrogen and oxygen atoms in total. The minimum Gasteiger partial charge on any atom is -0.497 e. The molecule has 0 heterocycles. The van der Waals surface area contributed by atoms with Crippen LogP contribution < -0.4 is 10.5 Å². The molecule has 1 aromatic carbocycles. The molecule has 0 saturated heterocycles. The summed E-state index contributed by atoms with van der Waals surface area (Å²) in [7, 11) is 1.66. The summed E-state index contributed by atoms with van der Waals surface area (Å²) in [6.45, 7) is 0.489. The standard InChI is InChI=1S/C15H23NO2.ClH/c1-18-13-7-5-12(6-8-13)14(11-16)15(17)9-3-2-4-10-15;/h5-8,14,17H,2-4,9-11,16H2,1H3;1H. The monoisotopic (exact) mass is 285 g/mol. The Hall–Kier alpha value is -0.770. The van der Waals surface area contributed by atoms with Crippen LogP contribution >= 0.6 is 12.4 Å². The molecule has 1 saturated carbocycles. The summed E-state index contributed by atoms with van der Waals surface area (Å²) in [5.74, 6) is 0.869. The quantitative estimate of drug-likeness (QED) is 0.894. The number of ether oxygens (including phenoxy) is 1. The summed E-state index contributed by atoms with van der Waals surface area (Å²) in [6, 6.07) is 7.90. The Bertz CT molecular complexity index is 374. The van der Waals surface area contributed by atoms with Crippen LogP contribution in [0.25, 0.3) is 0 Å². The first kappa shape index (κ1) is 16.3. The van der Waals surface area contributed by atoms with E-state index in [0.717, 1.165) is 37.0 Å². The Kier molecular flexibility index (Phi) is 6.11. The highest BCUT2D eigenvalue weighted by Crippen LogP contribution is 2.39. The third kappa shape index (κ3) is 3.62. The molecule has 0 spiro atoms. The van der Waals surface area contributed by atoms with Crippen LogP contribution in [0.3, 0.4) is 0 Å². The fourth-order valence-electron chi connectivity index (χ4n) is 3.01. The van der Waals surface area contributed by atoms with Crippen molar-refractivity contribution in [2.75, 3.05) is 13.7 Å². The Morgan fingerprint density at radius 1 is 1.21 bits per heavy atom. The van der Waals surface area contributed by atoms with Crippen LogP contribution in [0, 0.1) is 0 Å². The van der Waals surface area contributed by atoms with Gasteiger partial charge in [-0.25, -0.2) is 0 Å². The number of aliphatic hydroxyl groups is 1. The van der Waals surface area contributed by atoms with Crippen molar-refractivity contribution in [3.63, 3.8) is 0 Å². The fraction of sp³-hybridized carbons (Fsp3) is 0.600. The first-order valence-electron chi connectivity index (χ1n) is 6.76. The van der Waals surface area contributed by atoms with Gasteiger partial charge in [-0.2, -0.15) is 0 Å². The van der Waals surface area contributed by atoms with Crippen molar-refractivity contribution in [2.45, 2.75) is 43.6 Å². The summed E-state index contributed by atoms with van der Waals surface area (Å²) >= 11 is 0. The average molecular weight is 286 g/mol. The number of nitrogens with two attached hydrogens (primary N) is 1. The lowest BCUT2D eigenvalue weighted by Crippen LogP contribution is -2.41. The average Bonchev–Trinajstić information content (AvgIpc) is 2.41. The van der Waals surface area contributed by atoms with Gasteiger partial charge in [0.2, 0.25) is 0 Å². The largest absolute Gasteiger partial charge is 0.497 e. The summed E-state index contributed by atoms with van der Waals surface area (Å²) in [6.07, 6.45) is 5.15. The van der Waals surface area contributed by atoms with Gasteiger partial charge >= 0.3 is 0 Å². The molecule has 1 fully saturated rings. The molecule has 0 amide bonds. The zero-order chi connectivity index (χ0) is 13.0. The van der Waals surface area contributed by atoms with Crippen molar-refractivity contribution in [1.29, 1.82) is 0 Å². The molecule has 1 aliphatic carbocycles. The highest BCUT2D eigenvalue weighted by molar-refractivity contribution is 5.85. The zero-order valence-electron chi connectivity index (χ0n) is 11.5. The maximum Gasteiger partial charge on any atom is 0.118 e. The second-order valence-electron chi connectivity index (χ2n) is 5.23. The molecule has 0 aromatic heterocycles. The van der Waals surface area contributed by atoms with Gasteiger partial charge in [0.25, 0.3) is 0 Å². The molecule has 0 aliphatic heterocycles. The lowest BCUT2D eigenvalue weighted by Gasteiger charge is -2.39. The van der Waals surface area contributed by atoms with E-state index in [-0.39, 0.29) is 18.3 Å². The van der Waals surface area contributed by atoms with Gasteiger partial charge in [-0.05, 0) is 30.5 Å². The SMILES string of the molecule is COc1ccc(C(CN)C2(O)CCCCC2)cc1.Cl. The van der Waals surface area contributed by atoms with Gasteiger partial charge in [0.05, 0.1) is 12.7 Å². The van der Waals surface area contributed by atoms with Gasteiger partial charge in [-0.3, -0.25) is 0 Å². The first-order chi connectivity index (χ1) is 8.69. The maximum absolute atomic E-state index is 10.8. The van der Waals surface area contributed by atoms with E-state index in [0.29, 0.717) is 6.54 Å². The third-order valence-corrected chi connectivity index (χ3v) is 4.12. The second-order valence-corrected chi connectivity index (χ2v) is 5.23. The zero-order valence-corrected chi connectivity index (χ0v) is 12.3. The summed E-state index contributed by atoms with van der Waals surface area (Å²) in [4.78, 5) is 0. The van der Waals surface area contributed by atoms with Gasteiger partial charge in [0, 0.05) is 12.5 Å². The van der Waals surface area contributed by atoms with Crippen molar-refractivity contribution in [2.24, 2.45) is 5.73 Å². The smallest absolute Gasteiger partial charge is 0.118 e. The van der Waals surface area contributed by atoms with Crippen LogP contribution in [-0.2, 0) is 0 Å². The molecule has 108 valence electrons. The van der Waals surface area contributed by atoms with Gasteiger partial charge in [-0.1, -0.05) is 31.4 Å². The van der Waals surface area contributed by atoms with Crippen molar-refractivity contribution >= 4 is 12.4 Å². The lowest BCUT2D eigenvalue weighted by atomic mass is 9.73. The molecule has 1 aliphatic rings. The molecule has 1 unspecified atom stereocenters. The van der Waals surface area contributed by atoms with Crippen LogP contribution in [0.1, 0.15) is 43.6 Å². The van der Waals surface area contributed by atoms with E-state index in [1.165, 1.54) is 6.42 Å². The third-order valence-electron chi connectivity index (χ3n) is 4.12. The summed E-state index contributed by atoms with van der Waals surface area (Å²) in [5, 5.41) is 10.8.